The van der Waals surface area contributed by atoms with E-state index in [1.165, 1.54) is 16.3 Å². The minimum atomic E-state index is -3.67. The second-order valence-corrected chi connectivity index (χ2v) is 15.6. The number of fused-ring (bicyclic) bond motifs is 1. The highest BCUT2D eigenvalue weighted by Crippen LogP contribution is 2.39. The number of nitrogens with one attached hydrogen (secondary N) is 2. The predicted molar refractivity (Wildman–Crippen MR) is 184 cm³/mol. The van der Waals surface area contributed by atoms with Gasteiger partial charge in [0.2, 0.25) is 27.7 Å². The number of hydrogen-bond donors (Lipinski definition) is 2. The highest BCUT2D eigenvalue weighted by Gasteiger charge is 2.56. The molecule has 5 rings (SSSR count). The Morgan fingerprint density at radius 2 is 1.55 bits per heavy atom. The van der Waals surface area contributed by atoms with Gasteiger partial charge in [-0.1, -0.05) is 79.9 Å². The molecule has 3 aliphatic rings. The van der Waals surface area contributed by atoms with Crippen LogP contribution in [0.5, 0.6) is 0 Å². The Morgan fingerprint density at radius 1 is 0.918 bits per heavy atom. The Bertz CT molecular complexity index is 1590. The molecule has 4 amide bonds. The summed E-state index contributed by atoms with van der Waals surface area (Å²) in [6, 6.07) is 15.4. The van der Waals surface area contributed by atoms with Crippen molar-refractivity contribution in [3.63, 3.8) is 0 Å². The number of sulfonamides is 1. The van der Waals surface area contributed by atoms with Gasteiger partial charge in [-0.25, -0.2) is 13.2 Å². The minimum Gasteiger partial charge on any atom is -0.445 e. The van der Waals surface area contributed by atoms with Crippen LogP contribution in [0.1, 0.15) is 69.5 Å². The molecule has 2 heterocycles. The van der Waals surface area contributed by atoms with Crippen LogP contribution in [0.2, 0.25) is 0 Å². The van der Waals surface area contributed by atoms with Crippen molar-refractivity contribution in [2.45, 2.75) is 89.2 Å². The maximum atomic E-state index is 14.6. The van der Waals surface area contributed by atoms with Crippen molar-refractivity contribution in [3.05, 3.63) is 71.8 Å². The first kappa shape index (κ1) is 36.3. The molecule has 3 fully saturated rings. The molecular formula is C36H49N5O7S. The van der Waals surface area contributed by atoms with Gasteiger partial charge in [0.1, 0.15) is 18.7 Å². The van der Waals surface area contributed by atoms with E-state index in [1.807, 2.05) is 67.6 Å². The Kier molecular flexibility index (Phi) is 11.6. The lowest BCUT2D eigenvalue weighted by atomic mass is 9.83. The van der Waals surface area contributed by atoms with Gasteiger partial charge >= 0.3 is 6.09 Å². The van der Waals surface area contributed by atoms with E-state index in [2.05, 4.69) is 10.6 Å². The van der Waals surface area contributed by atoms with Crippen molar-refractivity contribution in [3.8, 4) is 0 Å². The molecule has 266 valence electrons. The standard InChI is InChI=1S/C36H49N5O7S/c1-24(27-16-10-6-11-17-27)37-34(43)29-22-41(49(4,46)47)30-20-21-40(32(29)30)35(44)31(28-18-12-7-13-19-28)38-33(42)25(2)39(3)36(45)48-23-26-14-8-5-9-15-26/h5-6,8-11,14-17,24-25,28-32H,7,12-13,18-23H2,1-4H3,(H,37,43)(H,38,42)/t24-,25+,29+,30-,31+,32?/m1/s1. The second-order valence-electron chi connectivity index (χ2n) is 13.7. The van der Waals surface area contributed by atoms with Crippen LogP contribution >= 0.6 is 0 Å². The van der Waals surface area contributed by atoms with Crippen LogP contribution < -0.4 is 10.6 Å². The summed E-state index contributed by atoms with van der Waals surface area (Å²) in [6.45, 7) is 3.75. The number of amides is 4. The van der Waals surface area contributed by atoms with Crippen LogP contribution in [0.3, 0.4) is 0 Å². The fourth-order valence-electron chi connectivity index (χ4n) is 7.51. The minimum absolute atomic E-state index is 0.0291. The third kappa shape index (κ3) is 8.43. The molecule has 0 spiro atoms. The summed E-state index contributed by atoms with van der Waals surface area (Å²) >= 11 is 0. The number of nitrogens with zero attached hydrogens (tertiary/aromatic N) is 3. The predicted octanol–water partition coefficient (Wildman–Crippen LogP) is 3.45. The van der Waals surface area contributed by atoms with Crippen LogP contribution in [0.25, 0.3) is 0 Å². The zero-order valence-corrected chi connectivity index (χ0v) is 29.6. The fraction of sp³-hybridized carbons (Fsp3) is 0.556. The van der Waals surface area contributed by atoms with Gasteiger partial charge < -0.3 is 20.3 Å². The molecule has 1 aliphatic carbocycles. The van der Waals surface area contributed by atoms with Crippen molar-refractivity contribution in [1.82, 2.24) is 24.7 Å². The molecule has 12 nitrogen and oxygen atoms in total. The Morgan fingerprint density at radius 3 is 2.18 bits per heavy atom. The lowest BCUT2D eigenvalue weighted by Gasteiger charge is -2.37. The summed E-state index contributed by atoms with van der Waals surface area (Å²) in [5.74, 6) is -2.05. The zero-order chi connectivity index (χ0) is 35.3. The maximum Gasteiger partial charge on any atom is 0.410 e. The van der Waals surface area contributed by atoms with E-state index < -0.39 is 52.1 Å². The number of carbonyl (C=O) groups excluding carboxylic acids is 4. The normalized spacial score (nSPS) is 23.2. The topological polar surface area (TPSA) is 145 Å². The summed E-state index contributed by atoms with van der Waals surface area (Å²) in [7, 11) is -2.18. The molecule has 2 aliphatic heterocycles. The second kappa shape index (κ2) is 15.7. The van der Waals surface area contributed by atoms with Crippen LogP contribution in [0, 0.1) is 11.8 Å². The highest BCUT2D eigenvalue weighted by atomic mass is 32.2. The summed E-state index contributed by atoms with van der Waals surface area (Å²) < 4.78 is 32.6. The van der Waals surface area contributed by atoms with E-state index in [0.29, 0.717) is 6.42 Å². The molecule has 6 atom stereocenters. The SMILES string of the molecule is C[C@@H](NC(=O)[C@H]1CN(S(C)(=O)=O)[C@@H]2CCN(C(=O)[C@@H](NC(=O)[C@H](C)N(C)C(=O)OCc3ccccc3)C3CCCCC3)C12)c1ccccc1. The largest absolute Gasteiger partial charge is 0.445 e. The van der Waals surface area contributed by atoms with Crippen molar-refractivity contribution < 1.29 is 32.3 Å². The van der Waals surface area contributed by atoms with Gasteiger partial charge in [-0.05, 0) is 50.2 Å². The quantitative estimate of drug-likeness (QED) is 0.367. The molecular weight excluding hydrogens is 646 g/mol. The van der Waals surface area contributed by atoms with Gasteiger partial charge in [-0.15, -0.1) is 0 Å². The number of ether oxygens (including phenoxy) is 1. The molecule has 0 bridgehead atoms. The van der Waals surface area contributed by atoms with E-state index in [9.17, 15) is 27.6 Å². The molecule has 2 aromatic rings. The van der Waals surface area contributed by atoms with Gasteiger partial charge in [-0.3, -0.25) is 19.3 Å². The molecule has 2 saturated heterocycles. The summed E-state index contributed by atoms with van der Waals surface area (Å²) in [5, 5.41) is 6.03. The van der Waals surface area contributed by atoms with Crippen LogP contribution in [0.4, 0.5) is 4.79 Å². The molecule has 0 aromatic heterocycles. The van der Waals surface area contributed by atoms with E-state index >= 15 is 0 Å². The van der Waals surface area contributed by atoms with Crippen molar-refractivity contribution in [1.29, 1.82) is 0 Å². The van der Waals surface area contributed by atoms with Gasteiger partial charge in [-0.2, -0.15) is 4.31 Å². The highest BCUT2D eigenvalue weighted by molar-refractivity contribution is 7.88. The molecule has 0 radical (unpaired) electrons. The van der Waals surface area contributed by atoms with Crippen LogP contribution in [-0.2, 0) is 35.8 Å². The fourth-order valence-corrected chi connectivity index (χ4v) is 8.67. The maximum absolute atomic E-state index is 14.6. The Balaban J connectivity index is 1.33. The number of carbonyl (C=O) groups is 4. The van der Waals surface area contributed by atoms with Gasteiger partial charge in [0.25, 0.3) is 0 Å². The molecule has 13 heteroatoms. The average molecular weight is 696 g/mol. The average Bonchev–Trinajstić information content (AvgIpc) is 3.71. The number of rotatable bonds is 11. The van der Waals surface area contributed by atoms with Crippen molar-refractivity contribution >= 4 is 33.8 Å². The van der Waals surface area contributed by atoms with Gasteiger partial charge in [0.05, 0.1) is 24.3 Å². The summed E-state index contributed by atoms with van der Waals surface area (Å²) in [4.78, 5) is 57.8. The number of benzene rings is 2. The molecule has 1 saturated carbocycles. The smallest absolute Gasteiger partial charge is 0.410 e. The Labute approximate surface area is 289 Å². The van der Waals surface area contributed by atoms with E-state index in [4.69, 9.17) is 4.74 Å². The van der Waals surface area contributed by atoms with E-state index in [0.717, 1.165) is 49.5 Å². The number of hydrogen-bond acceptors (Lipinski definition) is 7. The van der Waals surface area contributed by atoms with Crippen molar-refractivity contribution in [2.24, 2.45) is 11.8 Å². The molecule has 49 heavy (non-hydrogen) atoms. The van der Waals surface area contributed by atoms with E-state index in [1.54, 1.807) is 11.8 Å². The summed E-state index contributed by atoms with van der Waals surface area (Å²) in [6.07, 6.45) is 5.22. The third-order valence-electron chi connectivity index (χ3n) is 10.4. The monoisotopic (exact) mass is 695 g/mol. The van der Waals surface area contributed by atoms with Crippen LogP contribution in [-0.4, -0.2) is 96.9 Å². The first-order valence-electron chi connectivity index (χ1n) is 17.2. The lowest BCUT2D eigenvalue weighted by Crippen LogP contribution is -2.59. The third-order valence-corrected chi connectivity index (χ3v) is 11.7. The lowest BCUT2D eigenvalue weighted by molar-refractivity contribution is -0.141. The number of likely N-dealkylation sites (N-methyl/N-ethyl adjacent to an activating group) is 1. The number of likely N-dealkylation sites (tertiary alicyclic amines) is 1. The first-order chi connectivity index (χ1) is 23.4. The van der Waals surface area contributed by atoms with E-state index in [-0.39, 0.29) is 43.5 Å². The molecule has 2 aromatic carbocycles. The molecule has 1 unspecified atom stereocenters. The molecule has 2 N–H and O–H groups in total. The van der Waals surface area contributed by atoms with Gasteiger partial charge in [0.15, 0.2) is 0 Å². The Hall–Kier alpha value is -3.97. The zero-order valence-electron chi connectivity index (χ0n) is 28.8. The van der Waals surface area contributed by atoms with Crippen LogP contribution in [0.15, 0.2) is 60.7 Å². The van der Waals surface area contributed by atoms with Gasteiger partial charge in [0, 0.05) is 26.2 Å². The summed E-state index contributed by atoms with van der Waals surface area (Å²) in [5.41, 5.74) is 1.73. The first-order valence-corrected chi connectivity index (χ1v) is 19.1. The van der Waals surface area contributed by atoms with Crippen molar-refractivity contribution in [2.75, 3.05) is 26.4 Å².